The van der Waals surface area contributed by atoms with E-state index in [1.807, 2.05) is 0 Å². The molecule has 0 fully saturated rings. The minimum atomic E-state index is -1.05. The molecule has 80 valence electrons. The summed E-state index contributed by atoms with van der Waals surface area (Å²) in [5.41, 5.74) is 5.23. The van der Waals surface area contributed by atoms with Crippen LogP contribution < -0.4 is 5.73 Å². The van der Waals surface area contributed by atoms with Crippen molar-refractivity contribution >= 4 is 29.3 Å². The molecule has 0 radical (unpaired) electrons. The molecule has 0 amide bonds. The number of thioether (sulfide) groups is 1. The Bertz CT molecular complexity index is 241. The average Bonchev–Trinajstić information content (AvgIpc) is 2.11. The van der Waals surface area contributed by atoms with Gasteiger partial charge < -0.3 is 10.8 Å². The van der Waals surface area contributed by atoms with Crippen LogP contribution >= 0.6 is 11.8 Å². The highest BCUT2D eigenvalue weighted by Gasteiger charge is 2.12. The normalized spacial score (nSPS) is 12.1. The van der Waals surface area contributed by atoms with Crippen molar-refractivity contribution in [2.24, 2.45) is 5.73 Å². The quantitative estimate of drug-likeness (QED) is 0.450. The van der Waals surface area contributed by atoms with Gasteiger partial charge in [-0.1, -0.05) is 0 Å². The summed E-state index contributed by atoms with van der Waals surface area (Å²) < 4.78 is 0. The van der Waals surface area contributed by atoms with Crippen LogP contribution in [-0.2, 0) is 14.4 Å². The summed E-state index contributed by atoms with van der Waals surface area (Å²) in [4.78, 5) is 31.6. The first-order valence-electron chi connectivity index (χ1n) is 4.05. The zero-order chi connectivity index (χ0) is 11.1. The lowest BCUT2D eigenvalue weighted by Gasteiger charge is -2.04. The summed E-state index contributed by atoms with van der Waals surface area (Å²) in [6.45, 7) is 1.21. The molecule has 3 N–H and O–H groups in total. The van der Waals surface area contributed by atoms with Crippen molar-refractivity contribution in [2.45, 2.75) is 19.4 Å². The molecule has 0 rings (SSSR count). The monoisotopic (exact) mass is 219 g/mol. The lowest BCUT2D eigenvalue weighted by atomic mass is 10.2. The van der Waals surface area contributed by atoms with E-state index in [1.54, 1.807) is 0 Å². The third kappa shape index (κ3) is 5.71. The number of rotatable bonds is 7. The third-order valence-electron chi connectivity index (χ3n) is 1.52. The van der Waals surface area contributed by atoms with Crippen LogP contribution in [0.5, 0.6) is 0 Å². The number of aliphatic carboxylic acids is 1. The van der Waals surface area contributed by atoms with Gasteiger partial charge >= 0.3 is 5.97 Å². The molecule has 0 aromatic carbocycles. The fourth-order valence-electron chi connectivity index (χ4n) is 0.600. The molecule has 0 aliphatic heterocycles. The van der Waals surface area contributed by atoms with Crippen molar-refractivity contribution in [2.75, 3.05) is 11.5 Å². The first-order chi connectivity index (χ1) is 6.45. The number of hydrogen-bond acceptors (Lipinski definition) is 5. The molecule has 0 spiro atoms. The third-order valence-corrected chi connectivity index (χ3v) is 2.51. The Morgan fingerprint density at radius 3 is 2.43 bits per heavy atom. The number of hydrogen-bond donors (Lipinski definition) is 2. The molecule has 0 saturated carbocycles. The standard InChI is InChI=1S/C8H13NO4S/c1-5(10)7(11)4-14-3-2-6(9)8(12)13/h6H,2-4,9H2,1H3,(H,12,13). The molecule has 0 heterocycles. The fraction of sp³-hybridized carbons (Fsp3) is 0.625. The van der Waals surface area contributed by atoms with Crippen LogP contribution in [0, 0.1) is 0 Å². The van der Waals surface area contributed by atoms with Crippen LogP contribution in [0.15, 0.2) is 0 Å². The Morgan fingerprint density at radius 2 is 2.00 bits per heavy atom. The van der Waals surface area contributed by atoms with E-state index >= 15 is 0 Å². The van der Waals surface area contributed by atoms with Gasteiger partial charge in [-0.15, -0.1) is 0 Å². The van der Waals surface area contributed by atoms with E-state index in [4.69, 9.17) is 10.8 Å². The van der Waals surface area contributed by atoms with Crippen molar-refractivity contribution in [3.05, 3.63) is 0 Å². The SMILES string of the molecule is CC(=O)C(=O)CSCCC(N)C(=O)O. The van der Waals surface area contributed by atoms with Gasteiger partial charge in [-0.05, 0) is 12.2 Å². The molecule has 5 nitrogen and oxygen atoms in total. The van der Waals surface area contributed by atoms with E-state index in [0.29, 0.717) is 12.2 Å². The first-order valence-corrected chi connectivity index (χ1v) is 5.20. The highest BCUT2D eigenvalue weighted by Crippen LogP contribution is 2.04. The topological polar surface area (TPSA) is 97.5 Å². The number of carbonyl (C=O) groups is 3. The van der Waals surface area contributed by atoms with Gasteiger partial charge in [0.2, 0.25) is 5.78 Å². The number of nitrogens with two attached hydrogens (primary N) is 1. The highest BCUT2D eigenvalue weighted by atomic mass is 32.2. The smallest absolute Gasteiger partial charge is 0.320 e. The Morgan fingerprint density at radius 1 is 1.43 bits per heavy atom. The number of carbonyl (C=O) groups excluding carboxylic acids is 2. The summed E-state index contributed by atoms with van der Waals surface area (Å²) >= 11 is 1.22. The van der Waals surface area contributed by atoms with Crippen LogP contribution in [-0.4, -0.2) is 40.2 Å². The number of ketones is 2. The Labute approximate surface area is 86.0 Å². The molecular weight excluding hydrogens is 206 g/mol. The van der Waals surface area contributed by atoms with Crippen molar-refractivity contribution < 1.29 is 19.5 Å². The van der Waals surface area contributed by atoms with Crippen LogP contribution in [0.25, 0.3) is 0 Å². The fourth-order valence-corrected chi connectivity index (χ4v) is 1.55. The molecule has 6 heteroatoms. The zero-order valence-corrected chi connectivity index (χ0v) is 8.67. The molecule has 0 aliphatic rings. The van der Waals surface area contributed by atoms with E-state index in [2.05, 4.69) is 0 Å². The van der Waals surface area contributed by atoms with Crippen molar-refractivity contribution in [3.8, 4) is 0 Å². The second kappa shape index (κ2) is 6.56. The number of carboxylic acid groups (broad SMARTS) is 1. The molecule has 0 bridgehead atoms. The summed E-state index contributed by atoms with van der Waals surface area (Å²) in [5, 5.41) is 8.42. The minimum absolute atomic E-state index is 0.0989. The first kappa shape index (κ1) is 13.1. The second-order valence-electron chi connectivity index (χ2n) is 2.77. The Kier molecular flexibility index (Phi) is 6.14. The van der Waals surface area contributed by atoms with Gasteiger partial charge in [-0.3, -0.25) is 14.4 Å². The summed E-state index contributed by atoms with van der Waals surface area (Å²) in [6.07, 6.45) is 0.297. The van der Waals surface area contributed by atoms with Gasteiger partial charge in [-0.2, -0.15) is 11.8 Å². The van der Waals surface area contributed by atoms with Crippen LogP contribution in [0.3, 0.4) is 0 Å². The predicted octanol–water partition coefficient (Wildman–Crippen LogP) is -0.320. The van der Waals surface area contributed by atoms with Crippen molar-refractivity contribution in [1.82, 2.24) is 0 Å². The molecule has 14 heavy (non-hydrogen) atoms. The minimum Gasteiger partial charge on any atom is -0.480 e. The van der Waals surface area contributed by atoms with Crippen molar-refractivity contribution in [3.63, 3.8) is 0 Å². The van der Waals surface area contributed by atoms with Gasteiger partial charge in [-0.25, -0.2) is 0 Å². The molecule has 0 aromatic rings. The van der Waals surface area contributed by atoms with E-state index in [9.17, 15) is 14.4 Å². The van der Waals surface area contributed by atoms with Crippen molar-refractivity contribution in [1.29, 1.82) is 0 Å². The van der Waals surface area contributed by atoms with Gasteiger partial charge in [0.25, 0.3) is 0 Å². The molecule has 0 aliphatic carbocycles. The largest absolute Gasteiger partial charge is 0.480 e. The Balaban J connectivity index is 3.52. The lowest BCUT2D eigenvalue weighted by molar-refractivity contribution is -0.138. The molecule has 0 aromatic heterocycles. The van der Waals surface area contributed by atoms with E-state index in [1.165, 1.54) is 18.7 Å². The maximum absolute atomic E-state index is 10.8. The van der Waals surface area contributed by atoms with E-state index in [0.717, 1.165) is 0 Å². The van der Waals surface area contributed by atoms with Crippen LogP contribution in [0.2, 0.25) is 0 Å². The van der Waals surface area contributed by atoms with Gasteiger partial charge in [0.05, 0.1) is 5.75 Å². The highest BCUT2D eigenvalue weighted by molar-refractivity contribution is 8.00. The van der Waals surface area contributed by atoms with Gasteiger partial charge in [0.1, 0.15) is 6.04 Å². The lowest BCUT2D eigenvalue weighted by Crippen LogP contribution is -2.30. The summed E-state index contributed by atoms with van der Waals surface area (Å²) in [7, 11) is 0. The van der Waals surface area contributed by atoms with E-state index < -0.39 is 23.6 Å². The molecular formula is C8H13NO4S. The Hall–Kier alpha value is -0.880. The maximum atomic E-state index is 10.8. The summed E-state index contributed by atoms with van der Waals surface area (Å²) in [5.74, 6) is -1.41. The summed E-state index contributed by atoms with van der Waals surface area (Å²) in [6, 6.07) is -0.894. The van der Waals surface area contributed by atoms with Crippen LogP contribution in [0.1, 0.15) is 13.3 Å². The number of Topliss-reactive ketones (excluding diaryl/α,β-unsaturated/α-hetero) is 2. The number of carboxylic acids is 1. The molecule has 1 atom stereocenters. The van der Waals surface area contributed by atoms with E-state index in [-0.39, 0.29) is 5.75 Å². The predicted molar refractivity (Wildman–Crippen MR) is 53.2 cm³/mol. The second-order valence-corrected chi connectivity index (χ2v) is 3.87. The van der Waals surface area contributed by atoms with Gasteiger partial charge in [0.15, 0.2) is 5.78 Å². The zero-order valence-electron chi connectivity index (χ0n) is 7.86. The maximum Gasteiger partial charge on any atom is 0.320 e. The average molecular weight is 219 g/mol. The molecule has 1 unspecified atom stereocenters. The van der Waals surface area contributed by atoms with Gasteiger partial charge in [0, 0.05) is 6.92 Å². The van der Waals surface area contributed by atoms with Crippen LogP contribution in [0.4, 0.5) is 0 Å². The molecule has 0 saturated heterocycles.